The first kappa shape index (κ1) is 14.2. The molecule has 0 unspecified atom stereocenters. The van der Waals surface area contributed by atoms with Gasteiger partial charge in [-0.2, -0.15) is 5.26 Å². The van der Waals surface area contributed by atoms with E-state index in [4.69, 9.17) is 5.26 Å². The van der Waals surface area contributed by atoms with Crippen molar-refractivity contribution >= 4 is 17.7 Å². The van der Waals surface area contributed by atoms with Gasteiger partial charge in [0.1, 0.15) is 0 Å². The van der Waals surface area contributed by atoms with E-state index in [2.05, 4.69) is 5.32 Å². The molecule has 0 fully saturated rings. The van der Waals surface area contributed by atoms with Crippen molar-refractivity contribution in [2.24, 2.45) is 0 Å². The summed E-state index contributed by atoms with van der Waals surface area (Å²) in [6.07, 6.45) is 0. The number of hydrogen-bond acceptors (Lipinski definition) is 3. The van der Waals surface area contributed by atoms with Crippen LogP contribution in [0.5, 0.6) is 0 Å². The highest BCUT2D eigenvalue weighted by atomic mass is 32.2. The molecular formula is C16H14N2OS. The van der Waals surface area contributed by atoms with Gasteiger partial charge in [0.25, 0.3) is 5.91 Å². The maximum Gasteiger partial charge on any atom is 0.251 e. The molecule has 0 atom stereocenters. The molecule has 100 valence electrons. The van der Waals surface area contributed by atoms with Gasteiger partial charge in [-0.15, -0.1) is 11.8 Å². The molecule has 2 aromatic rings. The maximum absolute atomic E-state index is 11.9. The monoisotopic (exact) mass is 282 g/mol. The maximum atomic E-state index is 11.9. The number of rotatable bonds is 5. The van der Waals surface area contributed by atoms with Crippen LogP contribution in [0.2, 0.25) is 0 Å². The van der Waals surface area contributed by atoms with E-state index in [9.17, 15) is 4.79 Å². The number of amides is 1. The average molecular weight is 282 g/mol. The van der Waals surface area contributed by atoms with Crippen molar-refractivity contribution in [3.63, 3.8) is 0 Å². The van der Waals surface area contributed by atoms with Crippen LogP contribution >= 0.6 is 11.8 Å². The van der Waals surface area contributed by atoms with E-state index in [1.165, 1.54) is 4.90 Å². The lowest BCUT2D eigenvalue weighted by Crippen LogP contribution is -2.25. The standard InChI is InChI=1S/C16H14N2OS/c17-12-13-6-8-14(9-7-13)16(19)18-10-11-20-15-4-2-1-3-5-15/h1-9H,10-11H2,(H,18,19). The molecule has 0 aliphatic carbocycles. The van der Waals surface area contributed by atoms with E-state index in [1.54, 1.807) is 36.0 Å². The fourth-order valence-electron chi connectivity index (χ4n) is 1.65. The predicted molar refractivity (Wildman–Crippen MR) is 80.7 cm³/mol. The molecule has 0 heterocycles. The zero-order chi connectivity index (χ0) is 14.2. The summed E-state index contributed by atoms with van der Waals surface area (Å²) in [7, 11) is 0. The molecule has 3 nitrogen and oxygen atoms in total. The minimum atomic E-state index is -0.108. The van der Waals surface area contributed by atoms with Crippen LogP contribution in [-0.2, 0) is 0 Å². The largest absolute Gasteiger partial charge is 0.351 e. The van der Waals surface area contributed by atoms with Crippen LogP contribution in [0, 0.1) is 11.3 Å². The molecule has 0 radical (unpaired) electrons. The molecule has 0 aliphatic rings. The van der Waals surface area contributed by atoms with Gasteiger partial charge in [-0.25, -0.2) is 0 Å². The first-order valence-electron chi connectivity index (χ1n) is 6.26. The predicted octanol–water partition coefficient (Wildman–Crippen LogP) is 3.08. The van der Waals surface area contributed by atoms with Gasteiger partial charge in [0, 0.05) is 22.8 Å². The molecule has 2 aromatic carbocycles. The second-order valence-electron chi connectivity index (χ2n) is 4.11. The molecule has 0 saturated carbocycles. The van der Waals surface area contributed by atoms with E-state index in [0.29, 0.717) is 17.7 Å². The number of hydrogen-bond donors (Lipinski definition) is 1. The van der Waals surface area contributed by atoms with Crippen LogP contribution in [0.3, 0.4) is 0 Å². The van der Waals surface area contributed by atoms with Gasteiger partial charge in [-0.05, 0) is 36.4 Å². The Bertz CT molecular complexity index is 603. The van der Waals surface area contributed by atoms with Gasteiger partial charge in [0.05, 0.1) is 11.6 Å². The van der Waals surface area contributed by atoms with Crippen molar-refractivity contribution in [3.8, 4) is 6.07 Å². The topological polar surface area (TPSA) is 52.9 Å². The number of nitriles is 1. The normalized spacial score (nSPS) is 9.75. The molecule has 1 amide bonds. The summed E-state index contributed by atoms with van der Waals surface area (Å²) in [4.78, 5) is 13.0. The summed E-state index contributed by atoms with van der Waals surface area (Å²) in [5.74, 6) is 0.717. The Morgan fingerprint density at radius 3 is 2.45 bits per heavy atom. The van der Waals surface area contributed by atoms with Crippen LogP contribution in [0.25, 0.3) is 0 Å². The van der Waals surface area contributed by atoms with Crippen molar-refractivity contribution in [2.75, 3.05) is 12.3 Å². The van der Waals surface area contributed by atoms with Crippen LogP contribution < -0.4 is 5.32 Å². The van der Waals surface area contributed by atoms with Crippen molar-refractivity contribution in [1.29, 1.82) is 5.26 Å². The Morgan fingerprint density at radius 1 is 1.10 bits per heavy atom. The van der Waals surface area contributed by atoms with E-state index >= 15 is 0 Å². The lowest BCUT2D eigenvalue weighted by molar-refractivity contribution is 0.0956. The minimum Gasteiger partial charge on any atom is -0.351 e. The summed E-state index contributed by atoms with van der Waals surface area (Å²) < 4.78 is 0. The highest BCUT2D eigenvalue weighted by Crippen LogP contribution is 2.15. The first-order chi connectivity index (χ1) is 9.79. The molecule has 0 aliphatic heterocycles. The van der Waals surface area contributed by atoms with E-state index in [1.807, 2.05) is 36.4 Å². The van der Waals surface area contributed by atoms with Gasteiger partial charge < -0.3 is 5.32 Å². The van der Waals surface area contributed by atoms with Crippen LogP contribution in [0.15, 0.2) is 59.5 Å². The zero-order valence-electron chi connectivity index (χ0n) is 10.9. The molecule has 0 bridgehead atoms. The fourth-order valence-corrected chi connectivity index (χ4v) is 2.44. The molecule has 0 spiro atoms. The quantitative estimate of drug-likeness (QED) is 0.677. The van der Waals surface area contributed by atoms with Gasteiger partial charge in [-0.1, -0.05) is 18.2 Å². The minimum absolute atomic E-state index is 0.108. The van der Waals surface area contributed by atoms with Gasteiger partial charge in [0.2, 0.25) is 0 Å². The lowest BCUT2D eigenvalue weighted by atomic mass is 10.1. The molecule has 1 N–H and O–H groups in total. The number of nitrogens with one attached hydrogen (secondary N) is 1. The van der Waals surface area contributed by atoms with Crippen LogP contribution in [0.1, 0.15) is 15.9 Å². The van der Waals surface area contributed by atoms with E-state index in [-0.39, 0.29) is 5.91 Å². The third-order valence-corrected chi connectivity index (χ3v) is 3.69. The van der Waals surface area contributed by atoms with Gasteiger partial charge in [-0.3, -0.25) is 4.79 Å². The fraction of sp³-hybridized carbons (Fsp3) is 0.125. The summed E-state index contributed by atoms with van der Waals surface area (Å²) in [5.41, 5.74) is 1.13. The van der Waals surface area contributed by atoms with Crippen molar-refractivity contribution in [3.05, 3.63) is 65.7 Å². The highest BCUT2D eigenvalue weighted by Gasteiger charge is 2.04. The van der Waals surface area contributed by atoms with Crippen LogP contribution in [-0.4, -0.2) is 18.2 Å². The van der Waals surface area contributed by atoms with Crippen molar-refractivity contribution in [1.82, 2.24) is 5.32 Å². The summed E-state index contributed by atoms with van der Waals surface area (Å²) in [6, 6.07) is 18.7. The zero-order valence-corrected chi connectivity index (χ0v) is 11.7. The van der Waals surface area contributed by atoms with Gasteiger partial charge >= 0.3 is 0 Å². The van der Waals surface area contributed by atoms with Crippen molar-refractivity contribution < 1.29 is 4.79 Å². The Kier molecular flexibility index (Phi) is 5.22. The number of benzene rings is 2. The number of carbonyl (C=O) groups is 1. The number of carbonyl (C=O) groups excluding carboxylic acids is 1. The first-order valence-corrected chi connectivity index (χ1v) is 7.24. The second kappa shape index (κ2) is 7.37. The van der Waals surface area contributed by atoms with Crippen molar-refractivity contribution in [2.45, 2.75) is 4.90 Å². The molecule has 0 aromatic heterocycles. The Labute approximate surface area is 122 Å². The highest BCUT2D eigenvalue weighted by molar-refractivity contribution is 7.99. The lowest BCUT2D eigenvalue weighted by Gasteiger charge is -2.05. The van der Waals surface area contributed by atoms with Gasteiger partial charge in [0.15, 0.2) is 0 Å². The SMILES string of the molecule is N#Cc1ccc(C(=O)NCCSc2ccccc2)cc1. The van der Waals surface area contributed by atoms with E-state index in [0.717, 1.165) is 5.75 Å². The third-order valence-electron chi connectivity index (χ3n) is 2.68. The van der Waals surface area contributed by atoms with E-state index < -0.39 is 0 Å². The summed E-state index contributed by atoms with van der Waals surface area (Å²) in [5, 5.41) is 11.6. The molecule has 20 heavy (non-hydrogen) atoms. The Hall–Kier alpha value is -2.25. The average Bonchev–Trinajstić information content (AvgIpc) is 2.52. The number of nitrogens with zero attached hydrogens (tertiary/aromatic N) is 1. The molecular weight excluding hydrogens is 268 g/mol. The number of thioether (sulfide) groups is 1. The third kappa shape index (κ3) is 4.15. The second-order valence-corrected chi connectivity index (χ2v) is 5.27. The smallest absolute Gasteiger partial charge is 0.251 e. The Balaban J connectivity index is 1.76. The summed E-state index contributed by atoms with van der Waals surface area (Å²) in [6.45, 7) is 0.610. The molecule has 2 rings (SSSR count). The molecule has 0 saturated heterocycles. The van der Waals surface area contributed by atoms with Crippen LogP contribution in [0.4, 0.5) is 0 Å². The Morgan fingerprint density at radius 2 is 1.80 bits per heavy atom. The molecule has 4 heteroatoms. The summed E-state index contributed by atoms with van der Waals surface area (Å²) >= 11 is 1.71.